The Hall–Kier alpha value is -0.830. The molecule has 0 amide bonds. The van der Waals surface area contributed by atoms with E-state index in [4.69, 9.17) is 4.98 Å². The molecule has 0 bridgehead atoms. The molecule has 3 heteroatoms. The molecule has 1 N–H and O–H groups in total. The minimum Gasteiger partial charge on any atom is -0.342 e. The quantitative estimate of drug-likeness (QED) is 0.793. The van der Waals surface area contributed by atoms with Crippen LogP contribution in [0.4, 0.5) is 0 Å². The third kappa shape index (κ3) is 3.38. The summed E-state index contributed by atoms with van der Waals surface area (Å²) in [6.45, 7) is 11.4. The Bertz CT molecular complexity index is 564. The monoisotopic (exact) mass is 322 g/mol. The number of nitrogens with zero attached hydrogens (tertiary/aromatic N) is 1. The molecule has 0 spiro atoms. The predicted octanol–water partition coefficient (Wildman–Crippen LogP) is 5.50. The summed E-state index contributed by atoms with van der Waals surface area (Å²) in [4.78, 5) is 8.30. The Balaban J connectivity index is 2.44. The van der Waals surface area contributed by atoms with Crippen molar-refractivity contribution in [1.29, 1.82) is 0 Å². The van der Waals surface area contributed by atoms with Crippen LogP contribution < -0.4 is 0 Å². The zero-order valence-electron chi connectivity index (χ0n) is 12.4. The molecule has 19 heavy (non-hydrogen) atoms. The lowest BCUT2D eigenvalue weighted by Gasteiger charge is -2.30. The number of rotatable bonds is 3. The fraction of sp³-hybridized carbons (Fsp3) is 0.562. The van der Waals surface area contributed by atoms with E-state index in [2.05, 4.69) is 67.7 Å². The fourth-order valence-electron chi connectivity index (χ4n) is 2.51. The van der Waals surface area contributed by atoms with E-state index >= 15 is 0 Å². The van der Waals surface area contributed by atoms with E-state index in [1.807, 2.05) is 6.07 Å². The first-order chi connectivity index (χ1) is 8.77. The van der Waals surface area contributed by atoms with Crippen LogP contribution in [0.2, 0.25) is 0 Å². The van der Waals surface area contributed by atoms with Crippen LogP contribution in [-0.2, 0) is 0 Å². The molecular formula is C16H23BrN2. The molecule has 0 fully saturated rings. The molecule has 104 valence electrons. The van der Waals surface area contributed by atoms with Gasteiger partial charge in [0.25, 0.3) is 0 Å². The van der Waals surface area contributed by atoms with Gasteiger partial charge in [-0.15, -0.1) is 0 Å². The Labute approximate surface area is 124 Å². The Morgan fingerprint density at radius 1 is 1.26 bits per heavy atom. The highest BCUT2D eigenvalue weighted by molar-refractivity contribution is 9.10. The van der Waals surface area contributed by atoms with Gasteiger partial charge < -0.3 is 4.98 Å². The smallest absolute Gasteiger partial charge is 0.110 e. The van der Waals surface area contributed by atoms with Crippen LogP contribution in [0.5, 0.6) is 0 Å². The summed E-state index contributed by atoms with van der Waals surface area (Å²) in [7, 11) is 0. The van der Waals surface area contributed by atoms with Crippen molar-refractivity contribution < 1.29 is 0 Å². The second kappa shape index (κ2) is 5.28. The molecule has 0 aliphatic heterocycles. The van der Waals surface area contributed by atoms with Crippen molar-refractivity contribution in [2.75, 3.05) is 0 Å². The molecule has 1 aromatic heterocycles. The van der Waals surface area contributed by atoms with Crippen molar-refractivity contribution in [3.63, 3.8) is 0 Å². The molecule has 0 saturated heterocycles. The van der Waals surface area contributed by atoms with Crippen LogP contribution >= 0.6 is 15.9 Å². The number of halogens is 1. The van der Waals surface area contributed by atoms with Crippen molar-refractivity contribution in [3.05, 3.63) is 28.5 Å². The molecule has 1 heterocycles. The number of benzene rings is 1. The summed E-state index contributed by atoms with van der Waals surface area (Å²) in [5.74, 6) is 2.25. The van der Waals surface area contributed by atoms with Gasteiger partial charge in [-0.3, -0.25) is 0 Å². The van der Waals surface area contributed by atoms with Crippen LogP contribution in [0.3, 0.4) is 0 Å². The lowest BCUT2D eigenvalue weighted by molar-refractivity contribution is 0.271. The maximum Gasteiger partial charge on any atom is 0.110 e. The fourth-order valence-corrected chi connectivity index (χ4v) is 2.87. The number of fused-ring (bicyclic) bond motifs is 1. The van der Waals surface area contributed by atoms with Crippen LogP contribution in [-0.4, -0.2) is 9.97 Å². The van der Waals surface area contributed by atoms with Crippen LogP contribution in [0.1, 0.15) is 52.8 Å². The van der Waals surface area contributed by atoms with Crippen LogP contribution in [0, 0.1) is 11.3 Å². The molecule has 0 saturated carbocycles. The maximum absolute atomic E-state index is 4.80. The van der Waals surface area contributed by atoms with E-state index in [1.165, 1.54) is 0 Å². The molecule has 1 unspecified atom stereocenters. The maximum atomic E-state index is 4.80. The van der Waals surface area contributed by atoms with Crippen molar-refractivity contribution in [2.24, 2.45) is 11.3 Å². The molecule has 2 nitrogen and oxygen atoms in total. The molecule has 2 rings (SSSR count). The summed E-state index contributed by atoms with van der Waals surface area (Å²) in [6, 6.07) is 6.21. The first-order valence-electron chi connectivity index (χ1n) is 6.92. The number of aromatic amines is 1. The van der Waals surface area contributed by atoms with E-state index in [9.17, 15) is 0 Å². The second-order valence-electron chi connectivity index (χ2n) is 6.83. The van der Waals surface area contributed by atoms with Gasteiger partial charge >= 0.3 is 0 Å². The minimum absolute atomic E-state index is 0.218. The normalized spacial score (nSPS) is 14.3. The first-order valence-corrected chi connectivity index (χ1v) is 7.72. The van der Waals surface area contributed by atoms with E-state index in [-0.39, 0.29) is 5.41 Å². The average molecular weight is 323 g/mol. The van der Waals surface area contributed by atoms with Gasteiger partial charge in [-0.2, -0.15) is 0 Å². The van der Waals surface area contributed by atoms with Gasteiger partial charge in [0.15, 0.2) is 0 Å². The third-order valence-corrected chi connectivity index (χ3v) is 4.04. The topological polar surface area (TPSA) is 28.7 Å². The van der Waals surface area contributed by atoms with E-state index in [0.717, 1.165) is 27.8 Å². The highest BCUT2D eigenvalue weighted by atomic mass is 79.9. The summed E-state index contributed by atoms with van der Waals surface area (Å²) in [5.41, 5.74) is 2.38. The van der Waals surface area contributed by atoms with Crippen LogP contribution in [0.25, 0.3) is 11.0 Å². The number of hydrogen-bond donors (Lipinski definition) is 1. The number of aromatic nitrogens is 2. The van der Waals surface area contributed by atoms with Gasteiger partial charge in [-0.05, 0) is 36.0 Å². The number of hydrogen-bond acceptors (Lipinski definition) is 1. The van der Waals surface area contributed by atoms with Crippen molar-refractivity contribution >= 4 is 27.0 Å². The third-order valence-electron chi connectivity index (χ3n) is 3.54. The van der Waals surface area contributed by atoms with Gasteiger partial charge in [0.1, 0.15) is 5.82 Å². The Kier molecular flexibility index (Phi) is 4.05. The zero-order chi connectivity index (χ0) is 14.2. The number of nitrogens with one attached hydrogen (secondary N) is 1. The van der Waals surface area contributed by atoms with E-state index < -0.39 is 0 Å². The Morgan fingerprint density at radius 2 is 1.95 bits per heavy atom. The Morgan fingerprint density at radius 3 is 2.53 bits per heavy atom. The molecule has 1 aromatic carbocycles. The van der Waals surface area contributed by atoms with Gasteiger partial charge in [0.05, 0.1) is 11.0 Å². The highest BCUT2D eigenvalue weighted by Crippen LogP contribution is 2.39. The molecule has 0 aliphatic rings. The highest BCUT2D eigenvalue weighted by Gasteiger charge is 2.29. The van der Waals surface area contributed by atoms with Gasteiger partial charge in [0, 0.05) is 10.4 Å². The van der Waals surface area contributed by atoms with Gasteiger partial charge in [0.2, 0.25) is 0 Å². The molecule has 1 atom stereocenters. The molecular weight excluding hydrogens is 300 g/mol. The lowest BCUT2D eigenvalue weighted by atomic mass is 9.76. The van der Waals surface area contributed by atoms with Crippen molar-refractivity contribution in [1.82, 2.24) is 9.97 Å². The van der Waals surface area contributed by atoms with E-state index in [0.29, 0.717) is 11.8 Å². The van der Waals surface area contributed by atoms with Crippen LogP contribution in [0.15, 0.2) is 22.7 Å². The summed E-state index contributed by atoms with van der Waals surface area (Å²) >= 11 is 3.51. The first kappa shape index (κ1) is 14.6. The largest absolute Gasteiger partial charge is 0.342 e. The number of imidazole rings is 1. The molecule has 0 aliphatic carbocycles. The summed E-state index contributed by atoms with van der Waals surface area (Å²) in [5, 5.41) is 0. The van der Waals surface area contributed by atoms with Crippen molar-refractivity contribution in [3.8, 4) is 0 Å². The summed E-state index contributed by atoms with van der Waals surface area (Å²) < 4.78 is 1.09. The van der Waals surface area contributed by atoms with E-state index in [1.54, 1.807) is 0 Å². The molecule has 2 aromatic rings. The molecule has 0 radical (unpaired) electrons. The standard InChI is InChI=1S/C16H23BrN2/c1-10(2)8-12(16(3,4)5)15-18-13-7-6-11(17)9-14(13)19-15/h6-7,9-10,12H,8H2,1-5H3,(H,18,19). The predicted molar refractivity (Wildman–Crippen MR) is 85.4 cm³/mol. The summed E-state index contributed by atoms with van der Waals surface area (Å²) in [6.07, 6.45) is 1.16. The average Bonchev–Trinajstić information content (AvgIpc) is 2.66. The second-order valence-corrected chi connectivity index (χ2v) is 7.75. The van der Waals surface area contributed by atoms with Gasteiger partial charge in [-0.1, -0.05) is 50.5 Å². The van der Waals surface area contributed by atoms with Gasteiger partial charge in [-0.25, -0.2) is 4.98 Å². The number of H-pyrrole nitrogens is 1. The van der Waals surface area contributed by atoms with Crippen molar-refractivity contribution in [2.45, 2.75) is 47.0 Å². The lowest BCUT2D eigenvalue weighted by Crippen LogP contribution is -2.21. The minimum atomic E-state index is 0.218. The zero-order valence-corrected chi connectivity index (χ0v) is 14.0. The SMILES string of the molecule is CC(C)CC(c1nc2ccc(Br)cc2[nH]1)C(C)(C)C.